The van der Waals surface area contributed by atoms with E-state index in [1.165, 1.54) is 4.90 Å². The van der Waals surface area contributed by atoms with E-state index in [-0.39, 0.29) is 23.1 Å². The second kappa shape index (κ2) is 6.24. The van der Waals surface area contributed by atoms with Crippen LogP contribution in [0.2, 0.25) is 0 Å². The molecule has 0 aromatic heterocycles. The van der Waals surface area contributed by atoms with E-state index >= 15 is 0 Å². The molecule has 4 saturated carbocycles. The summed E-state index contributed by atoms with van der Waals surface area (Å²) in [5.74, 6) is -1.99. The van der Waals surface area contributed by atoms with Crippen LogP contribution in [0.25, 0.3) is 0 Å². The summed E-state index contributed by atoms with van der Waals surface area (Å²) in [7, 11) is 0. The van der Waals surface area contributed by atoms with Crippen molar-refractivity contribution in [3.8, 4) is 0 Å². The number of likely N-dealkylation sites (tertiary alicyclic amines) is 1. The van der Waals surface area contributed by atoms with Crippen molar-refractivity contribution in [1.29, 1.82) is 0 Å². The molecule has 2 unspecified atom stereocenters. The van der Waals surface area contributed by atoms with Gasteiger partial charge in [-0.25, -0.2) is 8.78 Å². The molecule has 1 heterocycles. The monoisotopic (exact) mass is 612 g/mol. The van der Waals surface area contributed by atoms with E-state index in [2.05, 4.69) is 51.2 Å². The highest BCUT2D eigenvalue weighted by molar-refractivity contribution is 14.1. The summed E-state index contributed by atoms with van der Waals surface area (Å²) in [6, 6.07) is 3.90. The Hall–Kier alpha value is -0.520. The van der Waals surface area contributed by atoms with Gasteiger partial charge in [-0.3, -0.25) is 9.59 Å². The third-order valence-electron chi connectivity index (χ3n) is 7.50. The number of alkyl halides is 2. The second-order valence-corrected chi connectivity index (χ2v) is 11.4. The SMILES string of the molecule is NC(=O)C12CC3CC1CC(C2)C3c1c(I)cc(I)cc1C(=O)N1CC(F)(F)C1. The summed E-state index contributed by atoms with van der Waals surface area (Å²) in [6.45, 7) is -1.00. The third kappa shape index (κ3) is 2.68. The number of rotatable bonds is 3. The van der Waals surface area contributed by atoms with Crippen LogP contribution in [0, 0.1) is 30.3 Å². The summed E-state index contributed by atoms with van der Waals surface area (Å²) in [4.78, 5) is 26.5. The lowest BCUT2D eigenvalue weighted by atomic mass is 9.65. The zero-order chi connectivity index (χ0) is 20.0. The fourth-order valence-corrected chi connectivity index (χ4v) is 8.73. The number of nitrogens with two attached hydrogens (primary N) is 1. The van der Waals surface area contributed by atoms with Gasteiger partial charge < -0.3 is 10.6 Å². The highest BCUT2D eigenvalue weighted by Gasteiger charge is 2.64. The van der Waals surface area contributed by atoms with Gasteiger partial charge in [0.2, 0.25) is 5.91 Å². The Morgan fingerprint density at radius 2 is 1.71 bits per heavy atom. The molecule has 1 aliphatic heterocycles. The first-order chi connectivity index (χ1) is 13.1. The molecule has 4 aliphatic carbocycles. The minimum absolute atomic E-state index is 0.169. The zero-order valence-electron chi connectivity index (χ0n) is 15.1. The molecule has 4 bridgehead atoms. The number of benzene rings is 1. The van der Waals surface area contributed by atoms with E-state index in [1.807, 2.05) is 6.07 Å². The first-order valence-electron chi connectivity index (χ1n) is 9.57. The van der Waals surface area contributed by atoms with Crippen LogP contribution in [0.15, 0.2) is 12.1 Å². The average Bonchev–Trinajstić information content (AvgIpc) is 3.02. The summed E-state index contributed by atoms with van der Waals surface area (Å²) in [6.07, 6.45) is 3.54. The van der Waals surface area contributed by atoms with Crippen LogP contribution >= 0.6 is 45.2 Å². The van der Waals surface area contributed by atoms with Gasteiger partial charge in [0.05, 0.1) is 18.5 Å². The van der Waals surface area contributed by atoms with Crippen molar-refractivity contribution in [2.45, 2.75) is 37.5 Å². The summed E-state index contributed by atoms with van der Waals surface area (Å²) < 4.78 is 28.6. The second-order valence-electron chi connectivity index (χ2n) is 9.01. The van der Waals surface area contributed by atoms with E-state index in [0.717, 1.165) is 38.4 Å². The van der Waals surface area contributed by atoms with Crippen molar-refractivity contribution in [2.24, 2.45) is 28.9 Å². The largest absolute Gasteiger partial charge is 0.369 e. The molecular formula is C20H20F2I2N2O2. The molecule has 1 saturated heterocycles. The number of hydrogen-bond acceptors (Lipinski definition) is 2. The molecule has 0 spiro atoms. The fraction of sp³-hybridized carbons (Fsp3) is 0.600. The standard InChI is InChI=1S/C20H20F2I2N2O2/c21-20(22)7-26(8-20)17(27)13-3-12(23)4-14(24)16(13)15-9-1-11-2-10(15)6-19(11,5-9)18(25)28/h3-4,9-11,15H,1-2,5-8H2,(H2,25,28). The van der Waals surface area contributed by atoms with E-state index in [4.69, 9.17) is 5.73 Å². The molecule has 6 rings (SSSR count). The smallest absolute Gasteiger partial charge is 0.282 e. The molecule has 4 nitrogen and oxygen atoms in total. The van der Waals surface area contributed by atoms with Gasteiger partial charge >= 0.3 is 0 Å². The molecule has 28 heavy (non-hydrogen) atoms. The molecule has 5 aliphatic rings. The predicted octanol–water partition coefficient (Wildman–Crippen LogP) is 3.99. The van der Waals surface area contributed by atoms with Gasteiger partial charge in [0.1, 0.15) is 0 Å². The van der Waals surface area contributed by atoms with Crippen molar-refractivity contribution in [2.75, 3.05) is 13.1 Å². The Bertz CT molecular complexity index is 882. The van der Waals surface area contributed by atoms with Crippen LogP contribution in [-0.4, -0.2) is 35.7 Å². The predicted molar refractivity (Wildman–Crippen MR) is 116 cm³/mol. The lowest BCUT2D eigenvalue weighted by molar-refractivity contribution is -0.129. The van der Waals surface area contributed by atoms with Crippen LogP contribution < -0.4 is 5.73 Å². The number of hydrogen-bond donors (Lipinski definition) is 1. The molecule has 2 amide bonds. The molecule has 2 atom stereocenters. The highest BCUT2D eigenvalue weighted by Crippen LogP contribution is 2.70. The number of amides is 2. The van der Waals surface area contributed by atoms with Crippen molar-refractivity contribution in [1.82, 2.24) is 4.90 Å². The number of halogens is 4. The molecule has 1 aromatic carbocycles. The van der Waals surface area contributed by atoms with Gasteiger partial charge in [-0.15, -0.1) is 0 Å². The van der Waals surface area contributed by atoms with Crippen molar-refractivity contribution < 1.29 is 18.4 Å². The molecule has 0 radical (unpaired) electrons. The lowest BCUT2D eigenvalue weighted by Gasteiger charge is -2.42. The maximum Gasteiger partial charge on any atom is 0.282 e. The Labute approximate surface area is 189 Å². The van der Waals surface area contributed by atoms with Gasteiger partial charge in [-0.05, 0) is 112 Å². The highest BCUT2D eigenvalue weighted by atomic mass is 127. The Morgan fingerprint density at radius 1 is 1.11 bits per heavy atom. The Morgan fingerprint density at radius 3 is 2.21 bits per heavy atom. The number of nitrogens with zero attached hydrogens (tertiary/aromatic N) is 1. The number of primary amides is 1. The third-order valence-corrected chi connectivity index (χ3v) is 9.02. The van der Waals surface area contributed by atoms with Crippen LogP contribution in [0.1, 0.15) is 47.5 Å². The summed E-state index contributed by atoms with van der Waals surface area (Å²) in [5, 5.41) is 0. The first-order valence-corrected chi connectivity index (χ1v) is 11.7. The van der Waals surface area contributed by atoms with Gasteiger partial charge in [-0.2, -0.15) is 0 Å². The lowest BCUT2D eigenvalue weighted by Crippen LogP contribution is -2.58. The Kier molecular flexibility index (Phi) is 4.33. The molecule has 150 valence electrons. The van der Waals surface area contributed by atoms with Gasteiger partial charge in [-0.1, -0.05) is 0 Å². The van der Waals surface area contributed by atoms with Crippen molar-refractivity contribution in [3.63, 3.8) is 0 Å². The maximum atomic E-state index is 13.3. The summed E-state index contributed by atoms with van der Waals surface area (Å²) in [5.41, 5.74) is 7.01. The van der Waals surface area contributed by atoms with Gasteiger partial charge in [0.25, 0.3) is 11.8 Å². The number of carbonyl (C=O) groups excluding carboxylic acids is 2. The molecule has 2 N–H and O–H groups in total. The van der Waals surface area contributed by atoms with Crippen molar-refractivity contribution >= 4 is 57.0 Å². The van der Waals surface area contributed by atoms with Crippen LogP contribution in [-0.2, 0) is 4.79 Å². The van der Waals surface area contributed by atoms with Crippen LogP contribution in [0.4, 0.5) is 8.78 Å². The topological polar surface area (TPSA) is 63.4 Å². The van der Waals surface area contributed by atoms with Crippen molar-refractivity contribution in [3.05, 3.63) is 30.4 Å². The molecule has 5 fully saturated rings. The van der Waals surface area contributed by atoms with E-state index in [0.29, 0.717) is 23.3 Å². The fourth-order valence-electron chi connectivity index (χ4n) is 6.53. The van der Waals surface area contributed by atoms with Gasteiger partial charge in [0, 0.05) is 12.7 Å². The minimum atomic E-state index is -2.77. The van der Waals surface area contributed by atoms with E-state index in [9.17, 15) is 18.4 Å². The van der Waals surface area contributed by atoms with Crippen LogP contribution in [0.5, 0.6) is 0 Å². The molecule has 1 aromatic rings. The molecule has 8 heteroatoms. The molecular weight excluding hydrogens is 592 g/mol. The first kappa shape index (κ1) is 19.4. The normalized spacial score (nSPS) is 37.2. The summed E-state index contributed by atoms with van der Waals surface area (Å²) >= 11 is 4.45. The van der Waals surface area contributed by atoms with E-state index in [1.54, 1.807) is 0 Å². The number of carbonyl (C=O) groups is 2. The minimum Gasteiger partial charge on any atom is -0.369 e. The maximum absolute atomic E-state index is 13.3. The van der Waals surface area contributed by atoms with E-state index < -0.39 is 19.0 Å². The zero-order valence-corrected chi connectivity index (χ0v) is 19.4. The van der Waals surface area contributed by atoms with Gasteiger partial charge in [0.15, 0.2) is 0 Å². The quantitative estimate of drug-likeness (QED) is 0.526. The average molecular weight is 612 g/mol. The Balaban J connectivity index is 1.53. The van der Waals surface area contributed by atoms with Crippen LogP contribution in [0.3, 0.4) is 0 Å².